The molecule has 0 radical (unpaired) electrons. The number of hydrogen-bond acceptors (Lipinski definition) is 2. The molecule has 0 amide bonds. The summed E-state index contributed by atoms with van der Waals surface area (Å²) < 4.78 is 0. The minimum Gasteiger partial charge on any atom is -0.656 e. The summed E-state index contributed by atoms with van der Waals surface area (Å²) in [6.45, 7) is 0. The van der Waals surface area contributed by atoms with Gasteiger partial charge in [0.25, 0.3) is 0 Å². The number of nitrogens with zero attached hydrogens (tertiary/aromatic N) is 4. The molecule has 21 rings (SSSR count). The molecule has 0 saturated carbocycles. The summed E-state index contributed by atoms with van der Waals surface area (Å²) in [5, 5.41) is 13.9. The molecule has 0 spiro atoms. The Balaban J connectivity index is 0.00000641. The maximum atomic E-state index is 6.45. The molecule has 5 aliphatic carbocycles. The molecule has 2 aliphatic heterocycles. The maximum Gasteiger partial charge on any atom is 2.00 e. The Labute approximate surface area is 578 Å². The van der Waals surface area contributed by atoms with Crippen LogP contribution >= 0.6 is 0 Å². The molecule has 0 N–H and O–H groups in total. The molecule has 12 aromatic carbocycles. The minimum absolute atomic E-state index is 0. The van der Waals surface area contributed by atoms with Crippen molar-refractivity contribution in [3.05, 3.63) is 263 Å². The van der Waals surface area contributed by atoms with Gasteiger partial charge in [0.15, 0.2) is 0 Å². The third-order valence-electron chi connectivity index (χ3n) is 22.9. The van der Waals surface area contributed by atoms with Gasteiger partial charge in [-0.05, 0) is 305 Å². The van der Waals surface area contributed by atoms with Crippen LogP contribution < -0.4 is 9.97 Å². The Morgan fingerprint density at radius 1 is 0.216 bits per heavy atom. The fraction of sp³-hybridized carbons (Fsp3) is 0.174. The molecule has 8 bridgehead atoms. The fourth-order valence-corrected chi connectivity index (χ4v) is 18.1. The standard InChI is InChI=1S/C92H68N4.Pd/c1-5-21-57-41-69(37-33-53(57)17-1)81-85-73-45-61-25-9-11-27-63(61)47-75(73)87(93-85)82(70-38-34-54-18-2-6-22-58(54)42-70)89-77-49-65-29-13-15-31-67(65)51-79(77)91(95-89)84(72-40-36-56-20-4-8-24-60(56)44-72)92-80-52-68-32-16-14-30-66(68)50-78(80)90(96-92)83(71-39-35-55-19-3-7-23-59(55)43-71)88-76-48-64-28-12-10-26-62(64)46-74(76)86(81)94-88;/h9-16,25-52H,1-8,17-24H2;/q-2;+2. The van der Waals surface area contributed by atoms with E-state index in [1.165, 1.54) is 139 Å². The second-order valence-corrected chi connectivity index (χ2v) is 28.5. The van der Waals surface area contributed by atoms with Crippen molar-refractivity contribution in [3.63, 3.8) is 0 Å². The summed E-state index contributed by atoms with van der Waals surface area (Å²) >= 11 is 0. The van der Waals surface area contributed by atoms with E-state index in [0.29, 0.717) is 0 Å². The molecule has 0 unspecified atom stereocenters. The van der Waals surface area contributed by atoms with Crippen molar-refractivity contribution in [1.82, 2.24) is 19.9 Å². The van der Waals surface area contributed by atoms with Gasteiger partial charge in [-0.2, -0.15) is 0 Å². The third-order valence-corrected chi connectivity index (χ3v) is 22.9. The van der Waals surface area contributed by atoms with Crippen LogP contribution in [0.2, 0.25) is 0 Å². The first-order valence-corrected chi connectivity index (χ1v) is 35.5. The van der Waals surface area contributed by atoms with E-state index in [0.717, 1.165) is 185 Å². The monoisotopic (exact) mass is 1330 g/mol. The van der Waals surface area contributed by atoms with Crippen LogP contribution in [0.15, 0.2) is 218 Å². The summed E-state index contributed by atoms with van der Waals surface area (Å²) in [4.78, 5) is 25.8. The molecule has 4 heterocycles. The molecule has 2 aromatic heterocycles. The van der Waals surface area contributed by atoms with Crippen LogP contribution in [0.5, 0.6) is 0 Å². The quantitative estimate of drug-likeness (QED) is 0.165. The summed E-state index contributed by atoms with van der Waals surface area (Å²) in [5.74, 6) is 0. The Bertz CT molecular complexity index is 5380. The zero-order valence-corrected chi connectivity index (χ0v) is 55.8. The number of aryl methyl sites for hydroxylation is 8. The average Bonchev–Trinajstić information content (AvgIpc) is 1.56. The molecule has 466 valence electrons. The van der Waals surface area contributed by atoms with E-state index < -0.39 is 0 Å². The van der Waals surface area contributed by atoms with Crippen LogP contribution in [0.25, 0.3) is 176 Å². The molecular weight excluding hydrogens is 1270 g/mol. The summed E-state index contributed by atoms with van der Waals surface area (Å²) in [7, 11) is 0. The third kappa shape index (κ3) is 9.11. The average molecular weight is 1340 g/mol. The smallest absolute Gasteiger partial charge is 0.656 e. The van der Waals surface area contributed by atoms with Gasteiger partial charge in [0.05, 0.1) is 22.8 Å². The summed E-state index contributed by atoms with van der Waals surface area (Å²) in [6.07, 6.45) is 18.1. The SMILES string of the molecule is [Pd+2].c1ccc2cc3c(cc2c1)-c1nc-3c(-c2ccc3c(c2)CCCC3)c2[n-]c(c(-c3ccc4c(c3)CCCC4)c3nc(c(-c4ccc5c(c4)CCCC5)c4[n-]c(c1-c1ccc5c(c1)CCCC5)c1cc5ccccc5cc41)-c1cc4ccccc4cc1-3)c1cc3ccccc3cc21. The second-order valence-electron chi connectivity index (χ2n) is 28.5. The van der Waals surface area contributed by atoms with Crippen LogP contribution in [0.1, 0.15) is 95.9 Å². The van der Waals surface area contributed by atoms with Crippen LogP contribution in [0.4, 0.5) is 0 Å². The van der Waals surface area contributed by atoms with Gasteiger partial charge in [0, 0.05) is 22.3 Å². The van der Waals surface area contributed by atoms with Crippen molar-refractivity contribution in [2.24, 2.45) is 0 Å². The molecule has 97 heavy (non-hydrogen) atoms. The van der Waals surface area contributed by atoms with Crippen molar-refractivity contribution in [2.45, 2.75) is 103 Å². The second kappa shape index (κ2) is 22.5. The van der Waals surface area contributed by atoms with Crippen molar-refractivity contribution in [1.29, 1.82) is 0 Å². The van der Waals surface area contributed by atoms with E-state index in [9.17, 15) is 0 Å². The van der Waals surface area contributed by atoms with Gasteiger partial charge in [-0.3, -0.25) is 0 Å². The van der Waals surface area contributed by atoms with E-state index in [1.807, 2.05) is 0 Å². The number of benzene rings is 12. The molecule has 0 fully saturated rings. The first kappa shape index (κ1) is 57.3. The molecule has 5 heteroatoms. The first-order valence-electron chi connectivity index (χ1n) is 35.5. The Morgan fingerprint density at radius 3 is 0.649 bits per heavy atom. The van der Waals surface area contributed by atoms with Crippen LogP contribution in [-0.4, -0.2) is 9.97 Å². The molecule has 14 aromatic rings. The first-order chi connectivity index (χ1) is 47.5. The fourth-order valence-electron chi connectivity index (χ4n) is 18.1. The Hall–Kier alpha value is -10.0. The minimum atomic E-state index is 0. The van der Waals surface area contributed by atoms with Gasteiger partial charge in [-0.1, -0.05) is 170 Å². The van der Waals surface area contributed by atoms with Crippen LogP contribution in [0, 0.1) is 0 Å². The zero-order valence-electron chi connectivity index (χ0n) is 54.2. The molecule has 7 aliphatic rings. The maximum absolute atomic E-state index is 6.45. The van der Waals surface area contributed by atoms with Crippen LogP contribution in [0.3, 0.4) is 0 Å². The summed E-state index contributed by atoms with van der Waals surface area (Å²) in [5.41, 5.74) is 32.2. The predicted molar refractivity (Wildman–Crippen MR) is 401 cm³/mol. The topological polar surface area (TPSA) is 54.0 Å². The van der Waals surface area contributed by atoms with E-state index >= 15 is 0 Å². The van der Waals surface area contributed by atoms with Crippen molar-refractivity contribution in [2.75, 3.05) is 0 Å². The Morgan fingerprint density at radius 2 is 0.423 bits per heavy atom. The van der Waals surface area contributed by atoms with E-state index in [-0.39, 0.29) is 20.4 Å². The van der Waals surface area contributed by atoms with Gasteiger partial charge in [0.1, 0.15) is 0 Å². The number of rotatable bonds is 4. The number of aromatic nitrogens is 4. The molecule has 0 saturated heterocycles. The van der Waals surface area contributed by atoms with E-state index in [1.54, 1.807) is 0 Å². The zero-order chi connectivity index (χ0) is 62.7. The van der Waals surface area contributed by atoms with E-state index in [2.05, 4.69) is 218 Å². The van der Waals surface area contributed by atoms with Gasteiger partial charge >= 0.3 is 20.4 Å². The van der Waals surface area contributed by atoms with Gasteiger partial charge in [-0.25, -0.2) is 9.97 Å². The van der Waals surface area contributed by atoms with Crippen molar-refractivity contribution in [3.8, 4) is 89.5 Å². The van der Waals surface area contributed by atoms with Crippen LogP contribution in [-0.2, 0) is 71.8 Å². The Kier molecular flexibility index (Phi) is 13.3. The van der Waals surface area contributed by atoms with E-state index in [4.69, 9.17) is 19.9 Å². The molecule has 4 nitrogen and oxygen atoms in total. The predicted octanol–water partition coefficient (Wildman–Crippen LogP) is 23.3. The van der Waals surface area contributed by atoms with Crippen molar-refractivity contribution >= 4 is 86.7 Å². The molecule has 0 atom stereocenters. The molecular formula is C92H68N4Pd. The summed E-state index contributed by atoms with van der Waals surface area (Å²) in [6, 6.07) is 84.8. The number of hydrogen-bond donors (Lipinski definition) is 0. The van der Waals surface area contributed by atoms with Gasteiger partial charge in [0.2, 0.25) is 0 Å². The van der Waals surface area contributed by atoms with Gasteiger partial charge < -0.3 is 9.97 Å². The number of fused-ring (bicyclic) bond motifs is 8. The normalized spacial score (nSPS) is 14.7. The largest absolute Gasteiger partial charge is 2.00 e. The van der Waals surface area contributed by atoms with Gasteiger partial charge in [-0.15, -0.1) is 22.1 Å². The van der Waals surface area contributed by atoms with Crippen molar-refractivity contribution < 1.29 is 20.4 Å².